The van der Waals surface area contributed by atoms with Gasteiger partial charge >= 0.3 is 0 Å². The summed E-state index contributed by atoms with van der Waals surface area (Å²) in [5.41, 5.74) is 2.09. The van der Waals surface area contributed by atoms with E-state index in [0.29, 0.717) is 47.9 Å². The molecule has 35 heavy (non-hydrogen) atoms. The molecule has 5 rings (SSSR count). The van der Waals surface area contributed by atoms with Crippen molar-refractivity contribution in [2.24, 2.45) is 5.92 Å². The molecule has 2 aliphatic rings. The maximum absolute atomic E-state index is 13.1. The van der Waals surface area contributed by atoms with Crippen molar-refractivity contribution >= 4 is 23.3 Å². The first-order chi connectivity index (χ1) is 17.0. The number of hydrogen-bond acceptors (Lipinski definition) is 6. The highest BCUT2D eigenvalue weighted by molar-refractivity contribution is 5.98. The van der Waals surface area contributed by atoms with Gasteiger partial charge in [-0.05, 0) is 66.9 Å². The zero-order chi connectivity index (χ0) is 24.4. The number of anilines is 1. The lowest BCUT2D eigenvalue weighted by Crippen LogP contribution is -2.28. The molecule has 0 aliphatic carbocycles. The van der Waals surface area contributed by atoms with Gasteiger partial charge in [-0.1, -0.05) is 0 Å². The molecule has 0 unspecified atom stereocenters. The van der Waals surface area contributed by atoms with Crippen molar-refractivity contribution < 1.29 is 28.2 Å². The predicted molar refractivity (Wildman–Crippen MR) is 125 cm³/mol. The van der Waals surface area contributed by atoms with Crippen molar-refractivity contribution in [2.75, 3.05) is 11.9 Å². The monoisotopic (exact) mass is 474 g/mol. The zero-order valence-corrected chi connectivity index (χ0v) is 18.9. The van der Waals surface area contributed by atoms with E-state index in [-0.39, 0.29) is 42.8 Å². The number of ketones is 2. The quantitative estimate of drug-likeness (QED) is 0.500. The Kier molecular flexibility index (Phi) is 6.27. The highest BCUT2D eigenvalue weighted by Crippen LogP contribution is 2.36. The summed E-state index contributed by atoms with van der Waals surface area (Å²) in [6.07, 6.45) is 3.17. The van der Waals surface area contributed by atoms with Gasteiger partial charge in [0, 0.05) is 36.6 Å². The summed E-state index contributed by atoms with van der Waals surface area (Å²) in [5.74, 6) is 1.37. The van der Waals surface area contributed by atoms with E-state index in [4.69, 9.17) is 9.47 Å². The van der Waals surface area contributed by atoms with Crippen molar-refractivity contribution in [2.45, 2.75) is 32.1 Å². The van der Waals surface area contributed by atoms with E-state index in [0.717, 1.165) is 11.1 Å². The number of aromatic nitrogens is 1. The third kappa shape index (κ3) is 5.06. The van der Waals surface area contributed by atoms with Gasteiger partial charge in [-0.25, -0.2) is 9.37 Å². The summed E-state index contributed by atoms with van der Waals surface area (Å²) in [6, 6.07) is 12.6. The van der Waals surface area contributed by atoms with Gasteiger partial charge in [0.1, 0.15) is 34.7 Å². The van der Waals surface area contributed by atoms with E-state index < -0.39 is 5.82 Å². The van der Waals surface area contributed by atoms with Crippen LogP contribution in [0.4, 0.5) is 10.2 Å². The van der Waals surface area contributed by atoms with Gasteiger partial charge in [-0.15, -0.1) is 0 Å². The summed E-state index contributed by atoms with van der Waals surface area (Å²) in [6.45, 7) is 0.258. The minimum Gasteiger partial charge on any atom is -0.493 e. The van der Waals surface area contributed by atoms with E-state index >= 15 is 0 Å². The third-order valence-corrected chi connectivity index (χ3v) is 6.26. The molecular formula is C27H23FN2O5. The molecule has 0 fully saturated rings. The number of fused-ring (bicyclic) bond motifs is 2. The van der Waals surface area contributed by atoms with Crippen molar-refractivity contribution in [3.63, 3.8) is 0 Å². The lowest BCUT2D eigenvalue weighted by Gasteiger charge is -2.25. The predicted octanol–water partition coefficient (Wildman–Crippen LogP) is 4.68. The van der Waals surface area contributed by atoms with E-state index in [9.17, 15) is 18.8 Å². The number of Topliss-reactive ketones (excluding diaryl/α,β-unsaturated/α-hetero) is 2. The van der Waals surface area contributed by atoms with Crippen molar-refractivity contribution in [3.05, 3.63) is 77.2 Å². The summed E-state index contributed by atoms with van der Waals surface area (Å²) >= 11 is 0. The number of benzene rings is 2. The minimum atomic E-state index is -0.408. The van der Waals surface area contributed by atoms with Gasteiger partial charge in [0.15, 0.2) is 5.78 Å². The Balaban J connectivity index is 1.24. The number of pyridine rings is 1. The van der Waals surface area contributed by atoms with Crippen LogP contribution >= 0.6 is 0 Å². The van der Waals surface area contributed by atoms with Crippen molar-refractivity contribution in [3.8, 4) is 17.2 Å². The Morgan fingerprint density at radius 2 is 1.91 bits per heavy atom. The molecular weight excluding hydrogens is 451 g/mol. The number of rotatable bonds is 7. The highest BCUT2D eigenvalue weighted by Gasteiger charge is 2.27. The number of carbonyl (C=O) groups is 3. The highest BCUT2D eigenvalue weighted by atomic mass is 19.1. The third-order valence-electron chi connectivity index (χ3n) is 6.26. The Hall–Kier alpha value is -4.07. The maximum atomic E-state index is 13.1. The Labute approximate surface area is 201 Å². The molecule has 3 heterocycles. The number of nitrogens with one attached hydrogen (secondary N) is 1. The van der Waals surface area contributed by atoms with Gasteiger partial charge in [-0.2, -0.15) is 0 Å². The zero-order valence-electron chi connectivity index (χ0n) is 18.9. The smallest absolute Gasteiger partial charge is 0.225 e. The SMILES string of the molecule is O=C1CCc2c(Oc3ccc4c(c3)C[C@@H](C(=O)CCC(=O)c3ccc(F)cc3)CO4)ccnc2N1. The molecule has 0 bridgehead atoms. The number of amides is 1. The fraction of sp³-hybridized carbons (Fsp3) is 0.259. The van der Waals surface area contributed by atoms with Gasteiger partial charge in [0.05, 0.1) is 12.5 Å². The molecule has 178 valence electrons. The van der Waals surface area contributed by atoms with Crippen LogP contribution in [0.5, 0.6) is 17.2 Å². The fourth-order valence-electron chi connectivity index (χ4n) is 4.34. The molecule has 8 heteroatoms. The molecule has 0 spiro atoms. The van der Waals surface area contributed by atoms with Crippen LogP contribution in [0, 0.1) is 11.7 Å². The molecule has 0 saturated heterocycles. The Morgan fingerprint density at radius 3 is 2.74 bits per heavy atom. The first-order valence-corrected chi connectivity index (χ1v) is 11.5. The Morgan fingerprint density at radius 1 is 1.09 bits per heavy atom. The number of nitrogens with zero attached hydrogens (tertiary/aromatic N) is 1. The molecule has 1 N–H and O–H groups in total. The molecule has 3 aromatic rings. The molecule has 7 nitrogen and oxygen atoms in total. The first kappa shape index (κ1) is 22.7. The van der Waals surface area contributed by atoms with Crippen LogP contribution in [0.25, 0.3) is 0 Å². The maximum Gasteiger partial charge on any atom is 0.225 e. The number of hydrogen-bond donors (Lipinski definition) is 1. The van der Waals surface area contributed by atoms with E-state index in [1.165, 1.54) is 24.3 Å². The fourth-order valence-corrected chi connectivity index (χ4v) is 4.34. The lowest BCUT2D eigenvalue weighted by atomic mass is 9.90. The molecule has 1 amide bonds. The normalized spacial score (nSPS) is 16.4. The van der Waals surface area contributed by atoms with Gasteiger partial charge in [0.2, 0.25) is 5.91 Å². The topological polar surface area (TPSA) is 94.6 Å². The molecule has 2 aromatic carbocycles. The summed E-state index contributed by atoms with van der Waals surface area (Å²) in [4.78, 5) is 41.0. The molecule has 2 aliphatic heterocycles. The van der Waals surface area contributed by atoms with Crippen LogP contribution in [-0.2, 0) is 22.4 Å². The van der Waals surface area contributed by atoms with Crippen LogP contribution in [-0.4, -0.2) is 29.1 Å². The summed E-state index contributed by atoms with van der Waals surface area (Å²) in [5, 5.41) is 2.76. The Bertz CT molecular complexity index is 1310. The average molecular weight is 474 g/mol. The van der Waals surface area contributed by atoms with Crippen LogP contribution in [0.15, 0.2) is 54.7 Å². The number of carbonyl (C=O) groups excluding carboxylic acids is 3. The van der Waals surface area contributed by atoms with Crippen LogP contribution in [0.2, 0.25) is 0 Å². The standard InChI is InChI=1S/C27H23FN2O5/c28-19-3-1-16(2-4-19)22(31)7-8-23(32)18-13-17-14-20(5-9-24(17)34-15-18)35-25-11-12-29-27-21(25)6-10-26(33)30-27/h1-5,9,11-12,14,18H,6-8,10,13,15H2,(H,29,30,33)/t18-/m1/s1. The van der Waals surface area contributed by atoms with Gasteiger partial charge < -0.3 is 14.8 Å². The summed E-state index contributed by atoms with van der Waals surface area (Å²) < 4.78 is 25.0. The molecule has 0 saturated carbocycles. The lowest BCUT2D eigenvalue weighted by molar-refractivity contribution is -0.124. The second-order valence-corrected chi connectivity index (χ2v) is 8.66. The van der Waals surface area contributed by atoms with E-state index in [1.54, 1.807) is 18.3 Å². The molecule has 0 radical (unpaired) electrons. The van der Waals surface area contributed by atoms with E-state index in [1.807, 2.05) is 12.1 Å². The van der Waals surface area contributed by atoms with Gasteiger partial charge in [0.25, 0.3) is 0 Å². The van der Waals surface area contributed by atoms with Crippen molar-refractivity contribution in [1.82, 2.24) is 4.98 Å². The van der Waals surface area contributed by atoms with Gasteiger partial charge in [-0.3, -0.25) is 14.4 Å². The van der Waals surface area contributed by atoms with Crippen molar-refractivity contribution in [1.29, 1.82) is 0 Å². The second kappa shape index (κ2) is 9.66. The molecule has 1 atom stereocenters. The average Bonchev–Trinajstić information content (AvgIpc) is 2.87. The second-order valence-electron chi connectivity index (χ2n) is 8.66. The number of halogens is 1. The van der Waals surface area contributed by atoms with Crippen LogP contribution in [0.3, 0.4) is 0 Å². The summed E-state index contributed by atoms with van der Waals surface area (Å²) in [7, 11) is 0. The van der Waals surface area contributed by atoms with Crippen LogP contribution in [0.1, 0.15) is 40.7 Å². The largest absolute Gasteiger partial charge is 0.493 e. The number of ether oxygens (including phenoxy) is 2. The first-order valence-electron chi connectivity index (χ1n) is 11.5. The molecule has 1 aromatic heterocycles. The van der Waals surface area contributed by atoms with E-state index in [2.05, 4.69) is 10.3 Å². The minimum absolute atomic E-state index is 0.0450. The van der Waals surface area contributed by atoms with Crippen LogP contribution < -0.4 is 14.8 Å².